The van der Waals surface area contributed by atoms with Crippen LogP contribution in [0.2, 0.25) is 0 Å². The number of hydrogen-bond acceptors (Lipinski definition) is 6. The minimum atomic E-state index is -0.298. The van der Waals surface area contributed by atoms with E-state index < -0.39 is 0 Å². The lowest BCUT2D eigenvalue weighted by Crippen LogP contribution is -2.36. The number of aromatic nitrogens is 2. The zero-order valence-corrected chi connectivity index (χ0v) is 12.5. The second-order valence-corrected chi connectivity index (χ2v) is 5.59. The molecule has 0 spiro atoms. The Hall–Kier alpha value is -1.73. The van der Waals surface area contributed by atoms with E-state index in [4.69, 9.17) is 0 Å². The molecule has 0 bridgehead atoms. The normalized spacial score (nSPS) is 11.4. The van der Waals surface area contributed by atoms with Crippen molar-refractivity contribution in [1.29, 1.82) is 0 Å². The quantitative estimate of drug-likeness (QED) is 0.774. The van der Waals surface area contributed by atoms with Crippen molar-refractivity contribution in [2.75, 3.05) is 13.7 Å². The fourth-order valence-electron chi connectivity index (χ4n) is 1.83. The zero-order chi connectivity index (χ0) is 14.7. The summed E-state index contributed by atoms with van der Waals surface area (Å²) >= 11 is 1.41. The third-order valence-corrected chi connectivity index (χ3v) is 3.77. The van der Waals surface area contributed by atoms with E-state index in [1.54, 1.807) is 6.20 Å². The maximum Gasteiger partial charge on any atom is 0.319 e. The summed E-state index contributed by atoms with van der Waals surface area (Å²) in [5.74, 6) is -0.298. The molecule has 6 nitrogen and oxygen atoms in total. The van der Waals surface area contributed by atoms with Gasteiger partial charge in [-0.2, -0.15) is 0 Å². The number of methoxy groups -OCH3 is 1. The molecule has 2 aromatic heterocycles. The van der Waals surface area contributed by atoms with Crippen LogP contribution in [0, 0.1) is 0 Å². The van der Waals surface area contributed by atoms with Crippen LogP contribution >= 0.6 is 11.3 Å². The van der Waals surface area contributed by atoms with Gasteiger partial charge in [0, 0.05) is 30.2 Å². The number of hydrogen-bond donors (Lipinski definition) is 0. The molecule has 0 aliphatic heterocycles. The summed E-state index contributed by atoms with van der Waals surface area (Å²) < 4.78 is 6.19. The summed E-state index contributed by atoms with van der Waals surface area (Å²) in [5.41, 5.74) is 0.558. The molecule has 0 aliphatic rings. The van der Waals surface area contributed by atoms with Gasteiger partial charge < -0.3 is 4.74 Å². The summed E-state index contributed by atoms with van der Waals surface area (Å²) in [6.07, 6.45) is 1.70. The van der Waals surface area contributed by atoms with Crippen molar-refractivity contribution in [3.05, 3.63) is 33.7 Å². The predicted molar refractivity (Wildman–Crippen MR) is 76.9 cm³/mol. The minimum absolute atomic E-state index is 0.104. The van der Waals surface area contributed by atoms with E-state index in [9.17, 15) is 9.59 Å². The molecule has 0 saturated heterocycles. The SMILES string of the molecule is COC(=O)CN(Cc1cc(=O)n2ccsc2n1)C(C)C. The first-order valence-electron chi connectivity index (χ1n) is 6.28. The molecule has 0 radical (unpaired) electrons. The van der Waals surface area contributed by atoms with Gasteiger partial charge in [0.25, 0.3) is 5.56 Å². The van der Waals surface area contributed by atoms with E-state index in [1.807, 2.05) is 24.1 Å². The van der Waals surface area contributed by atoms with Crippen LogP contribution in [0.5, 0.6) is 0 Å². The van der Waals surface area contributed by atoms with Gasteiger partial charge in [-0.1, -0.05) is 0 Å². The highest BCUT2D eigenvalue weighted by atomic mass is 32.1. The lowest BCUT2D eigenvalue weighted by molar-refractivity contribution is -0.142. The number of nitrogens with zero attached hydrogens (tertiary/aromatic N) is 3. The fourth-order valence-corrected chi connectivity index (χ4v) is 2.57. The molecule has 0 atom stereocenters. The van der Waals surface area contributed by atoms with Crippen LogP contribution < -0.4 is 5.56 Å². The van der Waals surface area contributed by atoms with Gasteiger partial charge in [-0.15, -0.1) is 11.3 Å². The molecule has 20 heavy (non-hydrogen) atoms. The summed E-state index contributed by atoms with van der Waals surface area (Å²) in [7, 11) is 1.36. The van der Waals surface area contributed by atoms with E-state index >= 15 is 0 Å². The largest absolute Gasteiger partial charge is 0.468 e. The molecule has 0 saturated carbocycles. The minimum Gasteiger partial charge on any atom is -0.468 e. The third kappa shape index (κ3) is 3.23. The zero-order valence-electron chi connectivity index (χ0n) is 11.7. The van der Waals surface area contributed by atoms with Crippen molar-refractivity contribution < 1.29 is 9.53 Å². The van der Waals surface area contributed by atoms with Crippen molar-refractivity contribution in [2.45, 2.75) is 26.4 Å². The molecule has 0 aromatic carbocycles. The van der Waals surface area contributed by atoms with Gasteiger partial charge in [-0.3, -0.25) is 18.9 Å². The number of rotatable bonds is 5. The summed E-state index contributed by atoms with van der Waals surface area (Å²) in [6.45, 7) is 4.59. The van der Waals surface area contributed by atoms with Crippen LogP contribution in [-0.4, -0.2) is 40.0 Å². The maximum atomic E-state index is 11.9. The van der Waals surface area contributed by atoms with Gasteiger partial charge in [-0.25, -0.2) is 4.98 Å². The van der Waals surface area contributed by atoms with Gasteiger partial charge in [0.2, 0.25) is 0 Å². The Bertz CT molecular complexity index is 662. The Morgan fingerprint density at radius 1 is 1.55 bits per heavy atom. The monoisotopic (exact) mass is 295 g/mol. The van der Waals surface area contributed by atoms with Crippen LogP contribution in [0.15, 0.2) is 22.4 Å². The molecule has 0 amide bonds. The number of carbonyl (C=O) groups is 1. The van der Waals surface area contributed by atoms with Crippen molar-refractivity contribution in [1.82, 2.24) is 14.3 Å². The van der Waals surface area contributed by atoms with Gasteiger partial charge in [0.05, 0.1) is 19.3 Å². The summed E-state index contributed by atoms with van der Waals surface area (Å²) in [4.78, 5) is 30.3. The Kier molecular flexibility index (Phi) is 4.51. The highest BCUT2D eigenvalue weighted by Crippen LogP contribution is 2.10. The molecular formula is C13H17N3O3S. The molecule has 2 aromatic rings. The Morgan fingerprint density at radius 2 is 2.30 bits per heavy atom. The molecule has 0 fully saturated rings. The maximum absolute atomic E-state index is 11.9. The second-order valence-electron chi connectivity index (χ2n) is 4.72. The van der Waals surface area contributed by atoms with E-state index in [0.717, 1.165) is 0 Å². The van der Waals surface area contributed by atoms with Crippen molar-refractivity contribution in [3.8, 4) is 0 Å². The lowest BCUT2D eigenvalue weighted by atomic mass is 10.2. The molecule has 0 unspecified atom stereocenters. The van der Waals surface area contributed by atoms with Crippen molar-refractivity contribution in [3.63, 3.8) is 0 Å². The smallest absolute Gasteiger partial charge is 0.319 e. The van der Waals surface area contributed by atoms with Crippen LogP contribution in [0.4, 0.5) is 0 Å². The molecule has 2 heterocycles. The fraction of sp³-hybridized carbons (Fsp3) is 0.462. The van der Waals surface area contributed by atoms with Crippen LogP contribution in [0.25, 0.3) is 4.96 Å². The average Bonchev–Trinajstić information content (AvgIpc) is 2.86. The Morgan fingerprint density at radius 3 is 2.95 bits per heavy atom. The van der Waals surface area contributed by atoms with E-state index in [2.05, 4.69) is 9.72 Å². The molecule has 0 N–H and O–H groups in total. The molecule has 108 valence electrons. The number of fused-ring (bicyclic) bond motifs is 1. The first-order valence-corrected chi connectivity index (χ1v) is 7.16. The van der Waals surface area contributed by atoms with Crippen LogP contribution in [-0.2, 0) is 16.1 Å². The third-order valence-electron chi connectivity index (χ3n) is 3.01. The van der Waals surface area contributed by atoms with E-state index in [0.29, 0.717) is 17.2 Å². The van der Waals surface area contributed by atoms with Gasteiger partial charge in [0.15, 0.2) is 4.96 Å². The van der Waals surface area contributed by atoms with E-state index in [-0.39, 0.29) is 24.1 Å². The topological polar surface area (TPSA) is 63.9 Å². The standard InChI is InChI=1S/C13H17N3O3S/c1-9(2)15(8-12(18)19-3)7-10-6-11(17)16-4-5-20-13(16)14-10/h4-6,9H,7-8H2,1-3H3. The number of carbonyl (C=O) groups excluding carboxylic acids is 1. The number of ether oxygens (including phenoxy) is 1. The first kappa shape index (κ1) is 14.7. The van der Waals surface area contributed by atoms with Gasteiger partial charge >= 0.3 is 5.97 Å². The highest BCUT2D eigenvalue weighted by Gasteiger charge is 2.16. The summed E-state index contributed by atoms with van der Waals surface area (Å²) in [6, 6.07) is 1.66. The molecule has 0 aliphatic carbocycles. The van der Waals surface area contributed by atoms with Crippen molar-refractivity contribution in [2.24, 2.45) is 0 Å². The predicted octanol–water partition coefficient (Wildman–Crippen LogP) is 1.14. The van der Waals surface area contributed by atoms with Gasteiger partial charge in [0.1, 0.15) is 0 Å². The highest BCUT2D eigenvalue weighted by molar-refractivity contribution is 7.15. The van der Waals surface area contributed by atoms with Gasteiger partial charge in [-0.05, 0) is 13.8 Å². The average molecular weight is 295 g/mol. The van der Waals surface area contributed by atoms with Crippen molar-refractivity contribution >= 4 is 22.3 Å². The summed E-state index contributed by atoms with van der Waals surface area (Å²) in [5, 5.41) is 1.82. The lowest BCUT2D eigenvalue weighted by Gasteiger charge is -2.24. The molecular weight excluding hydrogens is 278 g/mol. The first-order chi connectivity index (χ1) is 9.51. The molecule has 2 rings (SSSR count). The molecule has 7 heteroatoms. The Labute approximate surface area is 120 Å². The van der Waals surface area contributed by atoms with Crippen LogP contribution in [0.3, 0.4) is 0 Å². The Balaban J connectivity index is 2.24. The van der Waals surface area contributed by atoms with E-state index in [1.165, 1.54) is 28.9 Å². The second kappa shape index (κ2) is 6.15. The number of thiazole rings is 1. The van der Waals surface area contributed by atoms with Crippen LogP contribution in [0.1, 0.15) is 19.5 Å². The number of esters is 1.